The zero-order valence-electron chi connectivity index (χ0n) is 10.4. The second-order valence-electron chi connectivity index (χ2n) is 4.38. The molecule has 19 heavy (non-hydrogen) atoms. The number of anilines is 1. The van der Waals surface area contributed by atoms with Crippen molar-refractivity contribution in [1.82, 2.24) is 10.2 Å². The quantitative estimate of drug-likeness (QED) is 0.844. The molecule has 0 unspecified atom stereocenters. The van der Waals surface area contributed by atoms with E-state index in [1.165, 1.54) is 0 Å². The van der Waals surface area contributed by atoms with E-state index >= 15 is 0 Å². The van der Waals surface area contributed by atoms with Gasteiger partial charge in [-0.3, -0.25) is 0 Å². The summed E-state index contributed by atoms with van der Waals surface area (Å²) in [5.41, 5.74) is 1.97. The Bertz CT molecular complexity index is 570. The number of rotatable bonds is 2. The van der Waals surface area contributed by atoms with Gasteiger partial charge in [0.2, 0.25) is 0 Å². The van der Waals surface area contributed by atoms with Gasteiger partial charge in [-0.2, -0.15) is 5.10 Å². The molecule has 1 aliphatic heterocycles. The average molecular weight is 276 g/mol. The Balaban J connectivity index is 1.93. The van der Waals surface area contributed by atoms with Crippen LogP contribution in [0.2, 0.25) is 5.02 Å². The number of benzene rings is 1. The van der Waals surface area contributed by atoms with Crippen LogP contribution < -0.4 is 4.90 Å². The Morgan fingerprint density at radius 3 is 2.74 bits per heavy atom. The predicted octanol–water partition coefficient (Wildman–Crippen LogP) is 2.63. The summed E-state index contributed by atoms with van der Waals surface area (Å²) < 4.78 is 5.34. The van der Waals surface area contributed by atoms with Crippen LogP contribution in [0.4, 0.5) is 5.82 Å². The number of nitrogens with zero attached hydrogens (tertiary/aromatic N) is 3. The highest BCUT2D eigenvalue weighted by atomic mass is 35.5. The fraction of sp³-hybridized carbons (Fsp3) is 0.286. The van der Waals surface area contributed by atoms with E-state index in [1.807, 2.05) is 30.3 Å². The highest BCUT2D eigenvalue weighted by Gasteiger charge is 2.14. The molecule has 0 amide bonds. The smallest absolute Gasteiger partial charge is 0.152 e. The monoisotopic (exact) mass is 275 g/mol. The van der Waals surface area contributed by atoms with Crippen molar-refractivity contribution in [3.05, 3.63) is 41.6 Å². The van der Waals surface area contributed by atoms with Gasteiger partial charge in [-0.25, -0.2) is 0 Å². The Kier molecular flexibility index (Phi) is 3.62. The van der Waals surface area contributed by atoms with Crippen molar-refractivity contribution in [2.24, 2.45) is 0 Å². The minimum absolute atomic E-state index is 0.725. The van der Waals surface area contributed by atoms with Crippen molar-refractivity contribution in [3.8, 4) is 11.1 Å². The molecule has 0 aliphatic carbocycles. The van der Waals surface area contributed by atoms with Crippen LogP contribution in [-0.2, 0) is 4.74 Å². The molecular formula is C14H14ClN3O. The van der Waals surface area contributed by atoms with Crippen LogP contribution in [0, 0.1) is 0 Å². The van der Waals surface area contributed by atoms with E-state index in [0.29, 0.717) is 0 Å². The molecule has 2 aromatic rings. The second kappa shape index (κ2) is 5.55. The van der Waals surface area contributed by atoms with Crippen LogP contribution in [0.3, 0.4) is 0 Å². The summed E-state index contributed by atoms with van der Waals surface area (Å²) in [5, 5.41) is 9.01. The zero-order chi connectivity index (χ0) is 13.1. The van der Waals surface area contributed by atoms with Crippen LogP contribution in [0.1, 0.15) is 0 Å². The standard InChI is InChI=1S/C14H14ClN3O/c15-13-4-2-1-3-12(13)11-9-14(17-16-10-11)18-5-7-19-8-6-18/h1-4,9-10H,5-8H2. The molecule has 0 bridgehead atoms. The van der Waals surface area contributed by atoms with E-state index in [9.17, 15) is 0 Å². The van der Waals surface area contributed by atoms with Crippen LogP contribution in [0.25, 0.3) is 11.1 Å². The van der Waals surface area contributed by atoms with Gasteiger partial charge < -0.3 is 9.64 Å². The lowest BCUT2D eigenvalue weighted by Gasteiger charge is -2.27. The number of hydrogen-bond acceptors (Lipinski definition) is 4. The maximum atomic E-state index is 6.22. The first-order valence-corrected chi connectivity index (χ1v) is 6.63. The van der Waals surface area contributed by atoms with Gasteiger partial charge in [-0.15, -0.1) is 5.10 Å². The molecule has 0 radical (unpaired) electrons. The second-order valence-corrected chi connectivity index (χ2v) is 4.79. The molecule has 0 N–H and O–H groups in total. The van der Waals surface area contributed by atoms with Crippen molar-refractivity contribution >= 4 is 17.4 Å². The maximum absolute atomic E-state index is 6.22. The number of halogens is 1. The topological polar surface area (TPSA) is 38.2 Å². The van der Waals surface area contributed by atoms with Crippen molar-refractivity contribution in [1.29, 1.82) is 0 Å². The van der Waals surface area contributed by atoms with E-state index < -0.39 is 0 Å². The van der Waals surface area contributed by atoms with Gasteiger partial charge in [0, 0.05) is 29.2 Å². The number of hydrogen-bond donors (Lipinski definition) is 0. The minimum Gasteiger partial charge on any atom is -0.378 e. The number of ether oxygens (including phenoxy) is 1. The summed E-state index contributed by atoms with van der Waals surface area (Å²) in [7, 11) is 0. The molecule has 0 atom stereocenters. The number of aromatic nitrogens is 2. The molecule has 2 heterocycles. The SMILES string of the molecule is Clc1ccccc1-c1cnnc(N2CCOCC2)c1. The maximum Gasteiger partial charge on any atom is 0.152 e. The first-order chi connectivity index (χ1) is 9.34. The van der Waals surface area contributed by atoms with Gasteiger partial charge in [-0.1, -0.05) is 29.8 Å². The normalized spacial score (nSPS) is 15.5. The third-order valence-electron chi connectivity index (χ3n) is 3.16. The summed E-state index contributed by atoms with van der Waals surface area (Å²) in [6.07, 6.45) is 1.74. The van der Waals surface area contributed by atoms with E-state index in [4.69, 9.17) is 16.3 Å². The third kappa shape index (κ3) is 2.69. The van der Waals surface area contributed by atoms with Gasteiger partial charge in [0.15, 0.2) is 5.82 Å². The summed E-state index contributed by atoms with van der Waals surface area (Å²) in [4.78, 5) is 2.18. The Morgan fingerprint density at radius 1 is 1.16 bits per heavy atom. The molecule has 1 saturated heterocycles. The zero-order valence-corrected chi connectivity index (χ0v) is 11.2. The van der Waals surface area contributed by atoms with Crippen LogP contribution >= 0.6 is 11.6 Å². The van der Waals surface area contributed by atoms with E-state index in [1.54, 1.807) is 6.20 Å². The van der Waals surface area contributed by atoms with Gasteiger partial charge in [0.05, 0.1) is 19.4 Å². The summed E-state index contributed by atoms with van der Waals surface area (Å²) in [6.45, 7) is 3.16. The molecule has 1 fully saturated rings. The lowest BCUT2D eigenvalue weighted by Crippen LogP contribution is -2.36. The molecule has 98 valence electrons. The van der Waals surface area contributed by atoms with Crippen molar-refractivity contribution in [3.63, 3.8) is 0 Å². The minimum atomic E-state index is 0.725. The first-order valence-electron chi connectivity index (χ1n) is 6.25. The highest BCUT2D eigenvalue weighted by Crippen LogP contribution is 2.28. The van der Waals surface area contributed by atoms with E-state index in [-0.39, 0.29) is 0 Å². The average Bonchev–Trinajstić information content (AvgIpc) is 2.49. The van der Waals surface area contributed by atoms with Crippen LogP contribution in [-0.4, -0.2) is 36.5 Å². The van der Waals surface area contributed by atoms with Crippen molar-refractivity contribution < 1.29 is 4.74 Å². The van der Waals surface area contributed by atoms with Crippen molar-refractivity contribution in [2.45, 2.75) is 0 Å². The molecule has 0 spiro atoms. The largest absolute Gasteiger partial charge is 0.378 e. The van der Waals surface area contributed by atoms with Gasteiger partial charge in [-0.05, 0) is 12.1 Å². The number of morpholine rings is 1. The Labute approximate surface area is 117 Å². The predicted molar refractivity (Wildman–Crippen MR) is 75.5 cm³/mol. The van der Waals surface area contributed by atoms with E-state index in [0.717, 1.165) is 48.3 Å². The lowest BCUT2D eigenvalue weighted by molar-refractivity contribution is 0.122. The summed E-state index contributed by atoms with van der Waals surface area (Å²) >= 11 is 6.22. The summed E-state index contributed by atoms with van der Waals surface area (Å²) in [5.74, 6) is 0.876. The van der Waals surface area contributed by atoms with Gasteiger partial charge in [0.25, 0.3) is 0 Å². The van der Waals surface area contributed by atoms with Crippen LogP contribution in [0.15, 0.2) is 36.5 Å². The van der Waals surface area contributed by atoms with Crippen LogP contribution in [0.5, 0.6) is 0 Å². The molecule has 3 rings (SSSR count). The molecular weight excluding hydrogens is 262 g/mol. The highest BCUT2D eigenvalue weighted by molar-refractivity contribution is 6.33. The fourth-order valence-electron chi connectivity index (χ4n) is 2.15. The fourth-order valence-corrected chi connectivity index (χ4v) is 2.39. The Morgan fingerprint density at radius 2 is 1.95 bits per heavy atom. The van der Waals surface area contributed by atoms with Gasteiger partial charge >= 0.3 is 0 Å². The molecule has 1 aliphatic rings. The molecule has 5 heteroatoms. The molecule has 0 saturated carbocycles. The molecule has 1 aromatic heterocycles. The van der Waals surface area contributed by atoms with E-state index in [2.05, 4.69) is 15.1 Å². The molecule has 4 nitrogen and oxygen atoms in total. The van der Waals surface area contributed by atoms with Gasteiger partial charge in [0.1, 0.15) is 0 Å². The Hall–Kier alpha value is -1.65. The third-order valence-corrected chi connectivity index (χ3v) is 3.49. The summed E-state index contributed by atoms with van der Waals surface area (Å²) in [6, 6.07) is 9.78. The first kappa shape index (κ1) is 12.4. The lowest BCUT2D eigenvalue weighted by atomic mass is 10.1. The van der Waals surface area contributed by atoms with Crippen molar-refractivity contribution in [2.75, 3.05) is 31.2 Å². The molecule has 1 aromatic carbocycles.